The second-order valence-electron chi connectivity index (χ2n) is 4.20. The summed E-state index contributed by atoms with van der Waals surface area (Å²) >= 11 is 0. The Hall–Kier alpha value is -1.09. The molecule has 0 bridgehead atoms. The third-order valence-corrected chi connectivity index (χ3v) is 3.02. The molecule has 1 fully saturated rings. The van der Waals surface area contributed by atoms with Crippen LogP contribution in [0.4, 0.5) is 0 Å². The zero-order valence-electron chi connectivity index (χ0n) is 9.04. The van der Waals surface area contributed by atoms with E-state index in [1.165, 1.54) is 12.0 Å². The predicted molar refractivity (Wildman–Crippen MR) is 59.8 cm³/mol. The first-order chi connectivity index (χ1) is 7.34. The van der Waals surface area contributed by atoms with Crippen molar-refractivity contribution in [3.05, 3.63) is 24.0 Å². The number of nitrogens with one attached hydrogen (secondary N) is 1. The third kappa shape index (κ3) is 3.20. The summed E-state index contributed by atoms with van der Waals surface area (Å²) in [5, 5.41) is 0. The molecular weight excluding hydrogens is 188 g/mol. The van der Waals surface area contributed by atoms with Gasteiger partial charge in [-0.05, 0) is 31.0 Å². The maximum atomic E-state index is 11.0. The molecule has 0 atom stereocenters. The van der Waals surface area contributed by atoms with Crippen molar-refractivity contribution in [1.82, 2.24) is 9.88 Å². The minimum Gasteiger partial charge on any atom is -0.367 e. The minimum atomic E-state index is 0.428. The third-order valence-electron chi connectivity index (χ3n) is 3.02. The van der Waals surface area contributed by atoms with Gasteiger partial charge < -0.3 is 9.88 Å². The van der Waals surface area contributed by atoms with Crippen LogP contribution in [0.2, 0.25) is 0 Å². The summed E-state index contributed by atoms with van der Waals surface area (Å²) in [6.45, 7) is 3.05. The summed E-state index contributed by atoms with van der Waals surface area (Å²) in [6.07, 6.45) is 7.85. The van der Waals surface area contributed by atoms with Crippen molar-refractivity contribution in [2.45, 2.75) is 25.7 Å². The highest BCUT2D eigenvalue weighted by Crippen LogP contribution is 2.08. The number of aryl methyl sites for hydroxylation is 1. The Morgan fingerprint density at radius 1 is 1.33 bits per heavy atom. The van der Waals surface area contributed by atoms with Crippen molar-refractivity contribution in [1.29, 1.82) is 0 Å². The van der Waals surface area contributed by atoms with Gasteiger partial charge in [-0.3, -0.25) is 4.79 Å². The highest BCUT2D eigenvalue weighted by molar-refractivity contribution is 5.79. The quantitative estimate of drug-likeness (QED) is 0.812. The summed E-state index contributed by atoms with van der Waals surface area (Å²) < 4.78 is 0. The van der Waals surface area contributed by atoms with Gasteiger partial charge in [0.25, 0.3) is 0 Å². The summed E-state index contributed by atoms with van der Waals surface area (Å²) in [5.74, 6) is 0.428. The number of carbonyl (C=O) groups excluding carboxylic acids is 1. The van der Waals surface area contributed by atoms with Crippen LogP contribution in [0.25, 0.3) is 0 Å². The summed E-state index contributed by atoms with van der Waals surface area (Å²) in [5.41, 5.74) is 1.38. The Balaban J connectivity index is 1.64. The molecule has 0 amide bonds. The van der Waals surface area contributed by atoms with Crippen LogP contribution in [-0.2, 0) is 11.2 Å². The number of hydrogen-bond acceptors (Lipinski definition) is 2. The zero-order chi connectivity index (χ0) is 10.5. The number of aromatic nitrogens is 1. The number of H-pyrrole nitrogens is 1. The Morgan fingerprint density at radius 2 is 2.13 bits per heavy atom. The van der Waals surface area contributed by atoms with Crippen molar-refractivity contribution in [3.8, 4) is 0 Å². The maximum absolute atomic E-state index is 11.0. The van der Waals surface area contributed by atoms with Crippen LogP contribution in [0.1, 0.15) is 24.8 Å². The number of rotatable bonds is 4. The van der Waals surface area contributed by atoms with Crippen molar-refractivity contribution in [2.24, 2.45) is 0 Å². The van der Waals surface area contributed by atoms with Crippen LogP contribution in [0.3, 0.4) is 0 Å². The molecule has 1 aliphatic rings. The number of likely N-dealkylation sites (tertiary alicyclic amines) is 1. The van der Waals surface area contributed by atoms with E-state index < -0.39 is 0 Å². The Morgan fingerprint density at radius 3 is 2.80 bits per heavy atom. The van der Waals surface area contributed by atoms with Crippen molar-refractivity contribution in [3.63, 3.8) is 0 Å². The Labute approximate surface area is 90.5 Å². The number of hydrogen-bond donors (Lipinski definition) is 1. The highest BCUT2D eigenvalue weighted by atomic mass is 16.1. The van der Waals surface area contributed by atoms with Crippen molar-refractivity contribution < 1.29 is 4.79 Å². The molecule has 0 radical (unpaired) electrons. The number of aromatic amines is 1. The van der Waals surface area contributed by atoms with E-state index in [9.17, 15) is 4.79 Å². The van der Waals surface area contributed by atoms with E-state index in [2.05, 4.69) is 22.1 Å². The Bertz CT molecular complexity index is 295. The van der Waals surface area contributed by atoms with Gasteiger partial charge in [0.1, 0.15) is 5.78 Å². The number of carbonyl (C=O) groups is 1. The van der Waals surface area contributed by atoms with Gasteiger partial charge in [-0.15, -0.1) is 0 Å². The molecule has 15 heavy (non-hydrogen) atoms. The summed E-state index contributed by atoms with van der Waals surface area (Å²) in [4.78, 5) is 16.5. The highest BCUT2D eigenvalue weighted by Gasteiger charge is 2.14. The Kier molecular flexibility index (Phi) is 3.56. The summed E-state index contributed by atoms with van der Waals surface area (Å²) in [7, 11) is 0. The van der Waals surface area contributed by atoms with Crippen LogP contribution >= 0.6 is 0 Å². The minimum absolute atomic E-state index is 0.428. The van der Waals surface area contributed by atoms with E-state index in [1.807, 2.05) is 6.20 Å². The molecule has 2 heterocycles. The van der Waals surface area contributed by atoms with Gasteiger partial charge in [0, 0.05) is 38.3 Å². The van der Waals surface area contributed by atoms with Gasteiger partial charge in [0.2, 0.25) is 0 Å². The molecule has 0 aromatic carbocycles. The largest absolute Gasteiger partial charge is 0.367 e. The first-order valence-corrected chi connectivity index (χ1v) is 5.70. The lowest BCUT2D eigenvalue weighted by molar-refractivity contribution is -0.121. The number of ketones is 1. The normalized spacial score (nSPS) is 18.3. The van der Waals surface area contributed by atoms with Crippen LogP contribution in [-0.4, -0.2) is 35.3 Å². The van der Waals surface area contributed by atoms with Gasteiger partial charge in [0.15, 0.2) is 0 Å². The molecule has 1 saturated heterocycles. The van der Waals surface area contributed by atoms with Gasteiger partial charge >= 0.3 is 0 Å². The second kappa shape index (κ2) is 5.12. The molecule has 82 valence electrons. The maximum Gasteiger partial charge on any atom is 0.135 e. The van der Waals surface area contributed by atoms with Gasteiger partial charge in [-0.2, -0.15) is 0 Å². The zero-order valence-corrected chi connectivity index (χ0v) is 9.04. The van der Waals surface area contributed by atoms with E-state index in [4.69, 9.17) is 0 Å². The average molecular weight is 206 g/mol. The smallest absolute Gasteiger partial charge is 0.135 e. The van der Waals surface area contributed by atoms with Crippen LogP contribution in [0.15, 0.2) is 18.5 Å². The lowest BCUT2D eigenvalue weighted by Gasteiger charge is -2.25. The molecule has 1 N–H and O–H groups in total. The lowest BCUT2D eigenvalue weighted by atomic mass is 10.1. The van der Waals surface area contributed by atoms with E-state index in [-0.39, 0.29) is 0 Å². The molecule has 0 unspecified atom stereocenters. The van der Waals surface area contributed by atoms with Gasteiger partial charge in [0.05, 0.1) is 0 Å². The monoisotopic (exact) mass is 206 g/mol. The van der Waals surface area contributed by atoms with Crippen LogP contribution in [0, 0.1) is 0 Å². The molecule has 0 spiro atoms. The lowest BCUT2D eigenvalue weighted by Crippen LogP contribution is -2.34. The molecule has 1 aromatic heterocycles. The van der Waals surface area contributed by atoms with Crippen molar-refractivity contribution in [2.75, 3.05) is 19.6 Å². The molecule has 3 heteroatoms. The molecule has 1 aromatic rings. The topological polar surface area (TPSA) is 36.1 Å². The van der Waals surface area contributed by atoms with Crippen LogP contribution in [0.5, 0.6) is 0 Å². The van der Waals surface area contributed by atoms with Gasteiger partial charge in [-0.25, -0.2) is 0 Å². The predicted octanol–water partition coefficient (Wildman–Crippen LogP) is 1.61. The SMILES string of the molecule is O=C1CCN(CCCc2cc[nH]c2)CC1. The standard InChI is InChI=1S/C12H18N2O/c15-12-4-8-14(9-5-12)7-1-2-11-3-6-13-10-11/h3,6,10,13H,1-2,4-5,7-9H2. The summed E-state index contributed by atoms with van der Waals surface area (Å²) in [6, 6.07) is 2.12. The number of nitrogens with zero attached hydrogens (tertiary/aromatic N) is 1. The molecular formula is C12H18N2O. The fourth-order valence-electron chi connectivity index (χ4n) is 2.05. The first kappa shape index (κ1) is 10.4. The average Bonchev–Trinajstić information content (AvgIpc) is 2.74. The number of piperidine rings is 1. The number of Topliss-reactive ketones (excluding diaryl/α,β-unsaturated/α-hetero) is 1. The molecule has 1 aliphatic heterocycles. The first-order valence-electron chi connectivity index (χ1n) is 5.70. The van der Waals surface area contributed by atoms with Crippen molar-refractivity contribution >= 4 is 5.78 Å². The molecule has 0 aliphatic carbocycles. The van der Waals surface area contributed by atoms with E-state index >= 15 is 0 Å². The van der Waals surface area contributed by atoms with Crippen LogP contribution < -0.4 is 0 Å². The van der Waals surface area contributed by atoms with E-state index in [0.717, 1.165) is 38.9 Å². The van der Waals surface area contributed by atoms with Gasteiger partial charge in [-0.1, -0.05) is 0 Å². The fourth-order valence-corrected chi connectivity index (χ4v) is 2.05. The molecule has 3 nitrogen and oxygen atoms in total. The molecule has 2 rings (SSSR count). The fraction of sp³-hybridized carbons (Fsp3) is 0.583. The second-order valence-corrected chi connectivity index (χ2v) is 4.20. The molecule has 0 saturated carbocycles. The van der Waals surface area contributed by atoms with E-state index in [1.54, 1.807) is 0 Å². The van der Waals surface area contributed by atoms with E-state index in [0.29, 0.717) is 5.78 Å².